The van der Waals surface area contributed by atoms with Gasteiger partial charge in [-0.3, -0.25) is 4.98 Å². The van der Waals surface area contributed by atoms with E-state index in [1.54, 1.807) is 11.1 Å². The molecule has 3 heterocycles. The van der Waals surface area contributed by atoms with Crippen LogP contribution in [-0.2, 0) is 18.4 Å². The normalized spacial score (nSPS) is 20.3. The Kier molecular flexibility index (Phi) is 4.15. The maximum atomic E-state index is 4.10. The molecule has 1 aromatic carbocycles. The van der Waals surface area contributed by atoms with Gasteiger partial charge in [0.05, 0.1) is 0 Å². The van der Waals surface area contributed by atoms with E-state index in [-0.39, 0.29) is 5.54 Å². The van der Waals surface area contributed by atoms with Crippen LogP contribution in [0, 0.1) is 0 Å². The minimum atomic E-state index is 0.224. The fourth-order valence-corrected chi connectivity index (χ4v) is 4.18. The molecule has 0 amide bonds. The van der Waals surface area contributed by atoms with Crippen molar-refractivity contribution >= 4 is 0 Å². The molecule has 0 aliphatic carbocycles. The number of nitrogens with one attached hydrogen (secondary N) is 1. The van der Waals surface area contributed by atoms with Crippen molar-refractivity contribution in [3.63, 3.8) is 0 Å². The van der Waals surface area contributed by atoms with Gasteiger partial charge in [-0.15, -0.1) is 0 Å². The second-order valence-electron chi connectivity index (χ2n) is 6.86. The van der Waals surface area contributed by atoms with Crippen LogP contribution in [0.3, 0.4) is 0 Å². The zero-order valence-electron chi connectivity index (χ0n) is 13.7. The molecule has 120 valence electrons. The lowest BCUT2D eigenvalue weighted by molar-refractivity contribution is 0.130. The molecule has 2 aromatic rings. The van der Waals surface area contributed by atoms with Gasteiger partial charge in [0.15, 0.2) is 0 Å². The summed E-state index contributed by atoms with van der Waals surface area (Å²) in [4.78, 5) is 6.71. The van der Waals surface area contributed by atoms with Crippen molar-refractivity contribution in [1.29, 1.82) is 0 Å². The summed E-state index contributed by atoms with van der Waals surface area (Å²) in [6.07, 6.45) is 8.52. The summed E-state index contributed by atoms with van der Waals surface area (Å²) < 4.78 is 0. The Morgan fingerprint density at radius 2 is 1.83 bits per heavy atom. The van der Waals surface area contributed by atoms with E-state index in [0.717, 1.165) is 19.5 Å². The van der Waals surface area contributed by atoms with Crippen LogP contribution in [0.5, 0.6) is 0 Å². The van der Waals surface area contributed by atoms with Crippen molar-refractivity contribution in [2.24, 2.45) is 0 Å². The summed E-state index contributed by atoms with van der Waals surface area (Å²) in [5.41, 5.74) is 4.72. The average Bonchev–Trinajstić information content (AvgIpc) is 2.63. The number of likely N-dealkylation sites (tertiary alicyclic amines) is 1. The SMILES string of the molecule is c1ccc2c(c1)CCNC21CCN(CCc2ccncc2)CC1. The number of piperidine rings is 1. The van der Waals surface area contributed by atoms with Gasteiger partial charge in [-0.25, -0.2) is 0 Å². The zero-order valence-corrected chi connectivity index (χ0v) is 13.7. The quantitative estimate of drug-likeness (QED) is 0.945. The Balaban J connectivity index is 1.40. The molecule has 3 heteroatoms. The number of hydrogen-bond donors (Lipinski definition) is 1. The van der Waals surface area contributed by atoms with Gasteiger partial charge in [0.2, 0.25) is 0 Å². The topological polar surface area (TPSA) is 28.2 Å². The van der Waals surface area contributed by atoms with Crippen LogP contribution >= 0.6 is 0 Å². The molecule has 2 aliphatic heterocycles. The Hall–Kier alpha value is -1.71. The van der Waals surface area contributed by atoms with Crippen molar-refractivity contribution in [3.8, 4) is 0 Å². The highest BCUT2D eigenvalue weighted by Crippen LogP contribution is 2.37. The molecule has 1 aromatic heterocycles. The van der Waals surface area contributed by atoms with Gasteiger partial charge in [0.1, 0.15) is 0 Å². The molecule has 1 spiro atoms. The van der Waals surface area contributed by atoms with Gasteiger partial charge in [0.25, 0.3) is 0 Å². The third kappa shape index (κ3) is 3.04. The number of pyridine rings is 1. The fourth-order valence-electron chi connectivity index (χ4n) is 4.18. The van der Waals surface area contributed by atoms with Gasteiger partial charge >= 0.3 is 0 Å². The Morgan fingerprint density at radius 1 is 1.04 bits per heavy atom. The van der Waals surface area contributed by atoms with E-state index in [0.29, 0.717) is 0 Å². The maximum Gasteiger partial charge on any atom is 0.0461 e. The monoisotopic (exact) mass is 307 g/mol. The van der Waals surface area contributed by atoms with E-state index in [4.69, 9.17) is 0 Å². The summed E-state index contributed by atoms with van der Waals surface area (Å²) in [6.45, 7) is 4.65. The van der Waals surface area contributed by atoms with Gasteiger partial charge in [0, 0.05) is 44.1 Å². The average molecular weight is 307 g/mol. The molecule has 1 N–H and O–H groups in total. The standard InChI is InChI=1S/C20H25N3/c1-2-4-19-18(3-1)7-13-22-20(19)9-15-23(16-10-20)14-8-17-5-11-21-12-6-17/h1-6,11-12,22H,7-10,13-16H2. The molecule has 2 aliphatic rings. The number of rotatable bonds is 3. The van der Waals surface area contributed by atoms with Gasteiger partial charge in [-0.1, -0.05) is 24.3 Å². The smallest absolute Gasteiger partial charge is 0.0461 e. The lowest BCUT2D eigenvalue weighted by Gasteiger charge is -2.46. The molecule has 1 fully saturated rings. The molecule has 3 nitrogen and oxygen atoms in total. The third-order valence-electron chi connectivity index (χ3n) is 5.57. The van der Waals surface area contributed by atoms with Crippen LogP contribution in [0.2, 0.25) is 0 Å². The minimum Gasteiger partial charge on any atom is -0.307 e. The Bertz CT molecular complexity index is 645. The van der Waals surface area contributed by atoms with Crippen molar-refractivity contribution in [1.82, 2.24) is 15.2 Å². The summed E-state index contributed by atoms with van der Waals surface area (Å²) in [5, 5.41) is 3.85. The second-order valence-corrected chi connectivity index (χ2v) is 6.86. The maximum absolute atomic E-state index is 4.10. The molecule has 0 bridgehead atoms. The molecular formula is C20H25N3. The Labute approximate surface area is 138 Å². The highest BCUT2D eigenvalue weighted by atomic mass is 15.2. The molecule has 1 saturated heterocycles. The molecule has 4 rings (SSSR count). The van der Waals surface area contributed by atoms with Gasteiger partial charge in [-0.2, -0.15) is 0 Å². The van der Waals surface area contributed by atoms with Crippen LogP contribution in [0.15, 0.2) is 48.8 Å². The first-order valence-corrected chi connectivity index (χ1v) is 8.80. The van der Waals surface area contributed by atoms with E-state index in [1.165, 1.54) is 37.9 Å². The van der Waals surface area contributed by atoms with Crippen LogP contribution in [-0.4, -0.2) is 36.1 Å². The van der Waals surface area contributed by atoms with Crippen LogP contribution < -0.4 is 5.32 Å². The van der Waals surface area contributed by atoms with Crippen molar-refractivity contribution in [2.75, 3.05) is 26.2 Å². The number of aromatic nitrogens is 1. The van der Waals surface area contributed by atoms with Crippen LogP contribution in [0.4, 0.5) is 0 Å². The third-order valence-corrected chi connectivity index (χ3v) is 5.57. The number of nitrogens with zero attached hydrogens (tertiary/aromatic N) is 2. The molecule has 0 saturated carbocycles. The lowest BCUT2D eigenvalue weighted by Crippen LogP contribution is -2.54. The number of fused-ring (bicyclic) bond motifs is 2. The fraction of sp³-hybridized carbons (Fsp3) is 0.450. The summed E-state index contributed by atoms with van der Waals surface area (Å²) in [5.74, 6) is 0. The predicted molar refractivity (Wildman–Crippen MR) is 93.4 cm³/mol. The van der Waals surface area contributed by atoms with E-state index in [1.807, 2.05) is 12.4 Å². The first-order valence-electron chi connectivity index (χ1n) is 8.80. The molecule has 0 atom stereocenters. The van der Waals surface area contributed by atoms with Crippen LogP contribution in [0.1, 0.15) is 29.5 Å². The molecule has 0 radical (unpaired) electrons. The summed E-state index contributed by atoms with van der Waals surface area (Å²) in [6, 6.07) is 13.3. The Morgan fingerprint density at radius 3 is 2.65 bits per heavy atom. The van der Waals surface area contributed by atoms with E-state index >= 15 is 0 Å². The van der Waals surface area contributed by atoms with Crippen molar-refractivity contribution in [2.45, 2.75) is 31.2 Å². The number of benzene rings is 1. The van der Waals surface area contributed by atoms with Crippen molar-refractivity contribution < 1.29 is 0 Å². The first-order chi connectivity index (χ1) is 11.4. The van der Waals surface area contributed by atoms with Gasteiger partial charge in [-0.05, 0) is 54.5 Å². The van der Waals surface area contributed by atoms with Crippen molar-refractivity contribution in [3.05, 3.63) is 65.5 Å². The summed E-state index contributed by atoms with van der Waals surface area (Å²) in [7, 11) is 0. The molecular weight excluding hydrogens is 282 g/mol. The van der Waals surface area contributed by atoms with E-state index in [2.05, 4.69) is 51.6 Å². The zero-order chi connectivity index (χ0) is 15.5. The van der Waals surface area contributed by atoms with E-state index < -0.39 is 0 Å². The first kappa shape index (κ1) is 14.9. The van der Waals surface area contributed by atoms with E-state index in [9.17, 15) is 0 Å². The minimum absolute atomic E-state index is 0.224. The predicted octanol–water partition coefficient (Wildman–Crippen LogP) is 2.76. The second kappa shape index (κ2) is 6.42. The molecule has 0 unspecified atom stereocenters. The highest BCUT2D eigenvalue weighted by Gasteiger charge is 2.38. The molecule has 23 heavy (non-hydrogen) atoms. The number of hydrogen-bond acceptors (Lipinski definition) is 3. The summed E-state index contributed by atoms with van der Waals surface area (Å²) >= 11 is 0. The lowest BCUT2D eigenvalue weighted by atomic mass is 9.76. The van der Waals surface area contributed by atoms with Crippen LogP contribution in [0.25, 0.3) is 0 Å². The highest BCUT2D eigenvalue weighted by molar-refractivity contribution is 5.37. The largest absolute Gasteiger partial charge is 0.307 e. The van der Waals surface area contributed by atoms with Gasteiger partial charge < -0.3 is 10.2 Å².